The lowest BCUT2D eigenvalue weighted by Gasteiger charge is -2.17. The van der Waals surface area contributed by atoms with E-state index in [0.29, 0.717) is 24.6 Å². The third-order valence-electron chi connectivity index (χ3n) is 4.01. The Labute approximate surface area is 144 Å². The lowest BCUT2D eigenvalue weighted by molar-refractivity contribution is -0.128. The maximum Gasteiger partial charge on any atom is 0.321 e. The number of thiazole rings is 1. The van der Waals surface area contributed by atoms with E-state index in [1.54, 1.807) is 4.90 Å². The molecular weight excluding hydrogens is 324 g/mol. The summed E-state index contributed by atoms with van der Waals surface area (Å²) in [5.74, 6) is 0.0603. The molecule has 1 aliphatic heterocycles. The molecule has 1 fully saturated rings. The first-order valence-electron chi connectivity index (χ1n) is 7.84. The van der Waals surface area contributed by atoms with Gasteiger partial charge in [0.2, 0.25) is 5.91 Å². The van der Waals surface area contributed by atoms with Crippen molar-refractivity contribution in [2.24, 2.45) is 0 Å². The molecule has 1 aromatic heterocycles. The van der Waals surface area contributed by atoms with Crippen LogP contribution in [-0.2, 0) is 11.3 Å². The fourth-order valence-electron chi connectivity index (χ4n) is 2.67. The van der Waals surface area contributed by atoms with E-state index < -0.39 is 0 Å². The zero-order valence-electron chi connectivity index (χ0n) is 13.7. The summed E-state index contributed by atoms with van der Waals surface area (Å²) in [4.78, 5) is 31.3. The number of aryl methyl sites for hydroxylation is 2. The summed E-state index contributed by atoms with van der Waals surface area (Å²) in [6.45, 7) is 4.97. The van der Waals surface area contributed by atoms with Crippen LogP contribution in [0.5, 0.6) is 0 Å². The number of carbonyl (C=O) groups is 2. The van der Waals surface area contributed by atoms with Gasteiger partial charge in [0.05, 0.1) is 11.7 Å². The van der Waals surface area contributed by atoms with E-state index in [9.17, 15) is 9.59 Å². The first kappa shape index (κ1) is 16.4. The Kier molecular flexibility index (Phi) is 4.80. The first-order valence-corrected chi connectivity index (χ1v) is 8.66. The molecule has 0 spiro atoms. The largest absolute Gasteiger partial charge is 0.336 e. The molecule has 3 amide bonds. The van der Waals surface area contributed by atoms with Gasteiger partial charge in [0.15, 0.2) is 5.13 Å². The normalized spacial score (nSPS) is 17.2. The lowest BCUT2D eigenvalue weighted by atomic mass is 10.2. The van der Waals surface area contributed by atoms with Crippen molar-refractivity contribution in [3.8, 4) is 0 Å². The quantitative estimate of drug-likeness (QED) is 0.895. The molecule has 1 saturated heterocycles. The summed E-state index contributed by atoms with van der Waals surface area (Å²) in [5, 5.41) is 6.17. The van der Waals surface area contributed by atoms with E-state index in [0.717, 1.165) is 16.1 Å². The van der Waals surface area contributed by atoms with Gasteiger partial charge in [-0.15, -0.1) is 11.3 Å². The van der Waals surface area contributed by atoms with Gasteiger partial charge < -0.3 is 10.2 Å². The van der Waals surface area contributed by atoms with E-state index in [1.165, 1.54) is 11.3 Å². The molecule has 1 aliphatic rings. The number of hydrogen-bond acceptors (Lipinski definition) is 4. The van der Waals surface area contributed by atoms with Crippen LogP contribution < -0.4 is 10.6 Å². The Balaban J connectivity index is 1.53. The number of nitrogens with one attached hydrogen (secondary N) is 2. The summed E-state index contributed by atoms with van der Waals surface area (Å²) in [5.41, 5.74) is 2.00. The number of nitrogens with zero attached hydrogens (tertiary/aromatic N) is 2. The van der Waals surface area contributed by atoms with E-state index in [-0.39, 0.29) is 18.0 Å². The first-order chi connectivity index (χ1) is 11.5. The van der Waals surface area contributed by atoms with Crippen molar-refractivity contribution < 1.29 is 9.59 Å². The maximum absolute atomic E-state index is 12.1. The lowest BCUT2D eigenvalue weighted by Crippen LogP contribution is -2.39. The minimum atomic E-state index is -0.317. The average molecular weight is 344 g/mol. The van der Waals surface area contributed by atoms with Gasteiger partial charge >= 0.3 is 6.03 Å². The minimum absolute atomic E-state index is 0.0603. The fourth-order valence-corrected chi connectivity index (χ4v) is 3.48. The molecule has 2 aromatic rings. The number of anilines is 1. The third-order valence-corrected chi connectivity index (χ3v) is 5.00. The number of benzene rings is 1. The molecule has 126 valence electrons. The standard InChI is InChI=1S/C17H20N4O2S/c1-11-12(2)24-17(18-11)20-16(23)19-14-8-15(22)21(10-14)9-13-6-4-3-5-7-13/h3-7,14H,8-10H2,1-2H3,(H2,18,19,20,23). The summed E-state index contributed by atoms with van der Waals surface area (Å²) >= 11 is 1.44. The van der Waals surface area contributed by atoms with Crippen LogP contribution in [0.3, 0.4) is 0 Å². The highest BCUT2D eigenvalue weighted by molar-refractivity contribution is 7.15. The average Bonchev–Trinajstić information content (AvgIpc) is 3.02. The summed E-state index contributed by atoms with van der Waals surface area (Å²) < 4.78 is 0. The van der Waals surface area contributed by atoms with Gasteiger partial charge in [-0.3, -0.25) is 10.1 Å². The van der Waals surface area contributed by atoms with Crippen LogP contribution in [0, 0.1) is 13.8 Å². The second kappa shape index (κ2) is 7.00. The fraction of sp³-hybridized carbons (Fsp3) is 0.353. The van der Waals surface area contributed by atoms with Crippen molar-refractivity contribution in [3.63, 3.8) is 0 Å². The van der Waals surface area contributed by atoms with Crippen LogP contribution >= 0.6 is 11.3 Å². The molecular formula is C17H20N4O2S. The number of rotatable bonds is 4. The van der Waals surface area contributed by atoms with Crippen LogP contribution in [0.15, 0.2) is 30.3 Å². The van der Waals surface area contributed by atoms with E-state index in [1.807, 2.05) is 44.2 Å². The van der Waals surface area contributed by atoms with Crippen molar-refractivity contribution in [1.82, 2.24) is 15.2 Å². The van der Waals surface area contributed by atoms with E-state index in [4.69, 9.17) is 0 Å². The molecule has 1 aromatic carbocycles. The van der Waals surface area contributed by atoms with Crippen molar-refractivity contribution in [3.05, 3.63) is 46.5 Å². The molecule has 2 heterocycles. The van der Waals surface area contributed by atoms with Crippen LogP contribution in [0.4, 0.5) is 9.93 Å². The van der Waals surface area contributed by atoms with Gasteiger partial charge in [-0.05, 0) is 19.4 Å². The number of hydrogen-bond donors (Lipinski definition) is 2. The Morgan fingerprint density at radius 2 is 2.08 bits per heavy atom. The molecule has 0 radical (unpaired) electrons. The Morgan fingerprint density at radius 3 is 2.75 bits per heavy atom. The Bertz CT molecular complexity index is 725. The molecule has 2 N–H and O–H groups in total. The van der Waals surface area contributed by atoms with Crippen molar-refractivity contribution in [2.75, 3.05) is 11.9 Å². The molecule has 24 heavy (non-hydrogen) atoms. The van der Waals surface area contributed by atoms with Gasteiger partial charge in [-0.25, -0.2) is 9.78 Å². The van der Waals surface area contributed by atoms with Gasteiger partial charge in [0.1, 0.15) is 0 Å². The number of aromatic nitrogens is 1. The zero-order chi connectivity index (χ0) is 17.1. The molecule has 7 heteroatoms. The summed E-state index contributed by atoms with van der Waals surface area (Å²) in [7, 11) is 0. The predicted molar refractivity (Wildman–Crippen MR) is 94.0 cm³/mol. The summed E-state index contributed by atoms with van der Waals surface area (Å²) in [6, 6.07) is 9.36. The second-order valence-electron chi connectivity index (χ2n) is 5.92. The van der Waals surface area contributed by atoms with Gasteiger partial charge in [-0.1, -0.05) is 30.3 Å². The van der Waals surface area contributed by atoms with Crippen molar-refractivity contribution in [1.29, 1.82) is 0 Å². The van der Waals surface area contributed by atoms with Crippen molar-refractivity contribution >= 4 is 28.4 Å². The minimum Gasteiger partial charge on any atom is -0.336 e. The molecule has 0 bridgehead atoms. The topological polar surface area (TPSA) is 74.3 Å². The molecule has 0 aliphatic carbocycles. The van der Waals surface area contributed by atoms with Gasteiger partial charge in [-0.2, -0.15) is 0 Å². The SMILES string of the molecule is Cc1nc(NC(=O)NC2CC(=O)N(Cc3ccccc3)C2)sc1C. The predicted octanol–water partition coefficient (Wildman–Crippen LogP) is 2.68. The van der Waals surface area contributed by atoms with Crippen LogP contribution in [0.1, 0.15) is 22.6 Å². The van der Waals surface area contributed by atoms with E-state index in [2.05, 4.69) is 15.6 Å². The summed E-state index contributed by atoms with van der Waals surface area (Å²) in [6.07, 6.45) is 0.330. The monoisotopic (exact) mass is 344 g/mol. The molecule has 3 rings (SSSR count). The maximum atomic E-state index is 12.1. The highest BCUT2D eigenvalue weighted by atomic mass is 32.1. The molecule has 6 nitrogen and oxygen atoms in total. The van der Waals surface area contributed by atoms with Gasteiger partial charge in [0.25, 0.3) is 0 Å². The van der Waals surface area contributed by atoms with E-state index >= 15 is 0 Å². The number of carbonyl (C=O) groups excluding carboxylic acids is 2. The highest BCUT2D eigenvalue weighted by Crippen LogP contribution is 2.21. The number of urea groups is 1. The number of likely N-dealkylation sites (tertiary alicyclic amines) is 1. The third kappa shape index (κ3) is 3.91. The van der Waals surface area contributed by atoms with Crippen LogP contribution in [0.25, 0.3) is 0 Å². The highest BCUT2D eigenvalue weighted by Gasteiger charge is 2.30. The van der Waals surface area contributed by atoms with Crippen LogP contribution in [-0.4, -0.2) is 34.4 Å². The smallest absolute Gasteiger partial charge is 0.321 e. The number of amides is 3. The Morgan fingerprint density at radius 1 is 1.33 bits per heavy atom. The van der Waals surface area contributed by atoms with Crippen molar-refractivity contribution in [2.45, 2.75) is 32.9 Å². The molecule has 1 atom stereocenters. The zero-order valence-corrected chi connectivity index (χ0v) is 14.5. The Hall–Kier alpha value is -2.41. The van der Waals surface area contributed by atoms with Gasteiger partial charge in [0, 0.05) is 24.4 Å². The second-order valence-corrected chi connectivity index (χ2v) is 7.12. The van der Waals surface area contributed by atoms with Crippen LogP contribution in [0.2, 0.25) is 0 Å². The molecule has 0 saturated carbocycles. The molecule has 1 unspecified atom stereocenters.